The van der Waals surface area contributed by atoms with Gasteiger partial charge in [-0.25, -0.2) is 13.5 Å². The van der Waals surface area contributed by atoms with Crippen molar-refractivity contribution in [1.29, 1.82) is 0 Å². The molecule has 2 rings (SSSR count). The first-order chi connectivity index (χ1) is 9.49. The van der Waals surface area contributed by atoms with Crippen LogP contribution >= 0.6 is 0 Å². The molecule has 0 saturated heterocycles. The Morgan fingerprint density at radius 1 is 1.35 bits per heavy atom. The third-order valence-electron chi connectivity index (χ3n) is 2.67. The molecule has 0 aliphatic heterocycles. The summed E-state index contributed by atoms with van der Waals surface area (Å²) < 4.78 is 27.4. The summed E-state index contributed by atoms with van der Waals surface area (Å²) in [6.07, 6.45) is 1.36. The molecule has 1 heterocycles. The van der Waals surface area contributed by atoms with E-state index >= 15 is 0 Å². The molecule has 1 aromatic heterocycles. The van der Waals surface area contributed by atoms with E-state index in [-0.39, 0.29) is 5.69 Å². The molecule has 0 aliphatic carbocycles. The normalized spacial score (nSPS) is 11.9. The van der Waals surface area contributed by atoms with Crippen molar-refractivity contribution in [3.05, 3.63) is 58.5 Å². The first kappa shape index (κ1) is 13.9. The minimum Gasteiger partial charge on any atom is -0.322 e. The average molecular weight is 279 g/mol. The second-order valence-corrected chi connectivity index (χ2v) is 4.10. The fraction of sp³-hybridized carbons (Fsp3) is 0.154. The molecule has 0 radical (unpaired) electrons. The number of halogens is 2. The van der Waals surface area contributed by atoms with Crippen molar-refractivity contribution in [3.8, 4) is 0 Å². The highest BCUT2D eigenvalue weighted by atomic mass is 19.1. The van der Waals surface area contributed by atoms with E-state index in [9.17, 15) is 18.4 Å². The SMILES string of the molecule is CC(C(=O)Nc1cc(F)ccc1F)n1ncccc1=O. The van der Waals surface area contributed by atoms with Gasteiger partial charge in [-0.15, -0.1) is 0 Å². The van der Waals surface area contributed by atoms with Crippen LogP contribution in [-0.2, 0) is 4.79 Å². The van der Waals surface area contributed by atoms with Crippen molar-refractivity contribution in [1.82, 2.24) is 9.78 Å². The van der Waals surface area contributed by atoms with Gasteiger partial charge >= 0.3 is 0 Å². The zero-order valence-electron chi connectivity index (χ0n) is 10.5. The summed E-state index contributed by atoms with van der Waals surface area (Å²) in [5.74, 6) is -2.11. The molecule has 1 unspecified atom stereocenters. The van der Waals surface area contributed by atoms with Crippen LogP contribution in [0.15, 0.2) is 41.3 Å². The number of nitrogens with one attached hydrogen (secondary N) is 1. The van der Waals surface area contributed by atoms with Crippen molar-refractivity contribution in [2.24, 2.45) is 0 Å². The highest BCUT2D eigenvalue weighted by molar-refractivity contribution is 5.93. The number of aromatic nitrogens is 2. The molecule has 104 valence electrons. The fourth-order valence-electron chi connectivity index (χ4n) is 1.60. The molecule has 0 saturated carbocycles. The third-order valence-corrected chi connectivity index (χ3v) is 2.67. The van der Waals surface area contributed by atoms with Crippen LogP contribution < -0.4 is 10.9 Å². The Morgan fingerprint density at radius 2 is 2.10 bits per heavy atom. The maximum atomic E-state index is 13.4. The molecule has 2 aromatic rings. The molecule has 20 heavy (non-hydrogen) atoms. The second kappa shape index (κ2) is 5.60. The number of nitrogens with zero attached hydrogens (tertiary/aromatic N) is 2. The molecule has 1 amide bonds. The van der Waals surface area contributed by atoms with E-state index in [2.05, 4.69) is 10.4 Å². The van der Waals surface area contributed by atoms with E-state index in [4.69, 9.17) is 0 Å². The lowest BCUT2D eigenvalue weighted by Crippen LogP contribution is -2.32. The number of benzene rings is 1. The summed E-state index contributed by atoms with van der Waals surface area (Å²) in [6.45, 7) is 1.43. The number of carbonyl (C=O) groups is 1. The Balaban J connectivity index is 2.22. The van der Waals surface area contributed by atoms with Crippen LogP contribution in [0.1, 0.15) is 13.0 Å². The van der Waals surface area contributed by atoms with Gasteiger partial charge in [0.2, 0.25) is 5.91 Å². The van der Waals surface area contributed by atoms with Crippen molar-refractivity contribution in [2.75, 3.05) is 5.32 Å². The first-order valence-electron chi connectivity index (χ1n) is 5.79. The summed E-state index contributed by atoms with van der Waals surface area (Å²) >= 11 is 0. The lowest BCUT2D eigenvalue weighted by molar-refractivity contribution is -0.119. The Kier molecular flexibility index (Phi) is 3.88. The molecule has 1 aromatic carbocycles. The topological polar surface area (TPSA) is 64.0 Å². The zero-order chi connectivity index (χ0) is 14.7. The highest BCUT2D eigenvalue weighted by Crippen LogP contribution is 2.16. The Bertz CT molecular complexity index is 700. The van der Waals surface area contributed by atoms with Gasteiger partial charge in [-0.05, 0) is 25.1 Å². The molecule has 0 bridgehead atoms. The van der Waals surface area contributed by atoms with Gasteiger partial charge in [-0.1, -0.05) is 0 Å². The van der Waals surface area contributed by atoms with Crippen molar-refractivity contribution >= 4 is 11.6 Å². The van der Waals surface area contributed by atoms with Crippen LogP contribution in [-0.4, -0.2) is 15.7 Å². The lowest BCUT2D eigenvalue weighted by atomic mass is 10.2. The van der Waals surface area contributed by atoms with Gasteiger partial charge in [-0.3, -0.25) is 9.59 Å². The molecule has 0 aliphatic rings. The minimum absolute atomic E-state index is 0.286. The Morgan fingerprint density at radius 3 is 2.80 bits per heavy atom. The molecular formula is C13H11F2N3O2. The van der Waals surface area contributed by atoms with E-state index in [0.29, 0.717) is 0 Å². The summed E-state index contributed by atoms with van der Waals surface area (Å²) in [6, 6.07) is 4.45. The van der Waals surface area contributed by atoms with E-state index in [0.717, 1.165) is 22.9 Å². The molecule has 7 heteroatoms. The fourth-order valence-corrected chi connectivity index (χ4v) is 1.60. The summed E-state index contributed by atoms with van der Waals surface area (Å²) in [5.41, 5.74) is -0.749. The molecule has 0 spiro atoms. The first-order valence-corrected chi connectivity index (χ1v) is 5.79. The van der Waals surface area contributed by atoms with Crippen LogP contribution in [0.2, 0.25) is 0 Å². The van der Waals surface area contributed by atoms with Crippen molar-refractivity contribution < 1.29 is 13.6 Å². The van der Waals surface area contributed by atoms with E-state index in [1.165, 1.54) is 25.3 Å². The molecule has 5 nitrogen and oxygen atoms in total. The molecule has 1 N–H and O–H groups in total. The van der Waals surface area contributed by atoms with E-state index < -0.39 is 29.1 Å². The molecular weight excluding hydrogens is 268 g/mol. The van der Waals surface area contributed by atoms with Crippen molar-refractivity contribution in [3.63, 3.8) is 0 Å². The number of anilines is 1. The van der Waals surface area contributed by atoms with Gasteiger partial charge in [0.25, 0.3) is 5.56 Å². The van der Waals surface area contributed by atoms with Crippen molar-refractivity contribution in [2.45, 2.75) is 13.0 Å². The number of carbonyl (C=O) groups excluding carboxylic acids is 1. The smallest absolute Gasteiger partial charge is 0.267 e. The summed E-state index contributed by atoms with van der Waals surface area (Å²) in [5, 5.41) is 5.98. The number of amides is 1. The standard InChI is InChI=1S/C13H11F2N3O2/c1-8(18-12(19)3-2-6-16-18)13(20)17-11-7-9(14)4-5-10(11)15/h2-8H,1H3,(H,17,20). The number of rotatable bonds is 3. The second-order valence-electron chi connectivity index (χ2n) is 4.10. The van der Waals surface area contributed by atoms with E-state index in [1.54, 1.807) is 0 Å². The largest absolute Gasteiger partial charge is 0.322 e. The Labute approximate surface area is 112 Å². The van der Waals surface area contributed by atoms with Crippen LogP contribution in [0.25, 0.3) is 0 Å². The van der Waals surface area contributed by atoms with Crippen LogP contribution in [0, 0.1) is 11.6 Å². The number of hydrogen-bond donors (Lipinski definition) is 1. The lowest BCUT2D eigenvalue weighted by Gasteiger charge is -2.13. The van der Waals surface area contributed by atoms with Gasteiger partial charge in [-0.2, -0.15) is 5.10 Å². The highest BCUT2D eigenvalue weighted by Gasteiger charge is 2.18. The monoisotopic (exact) mass is 279 g/mol. The van der Waals surface area contributed by atoms with Crippen LogP contribution in [0.4, 0.5) is 14.5 Å². The van der Waals surface area contributed by atoms with Crippen LogP contribution in [0.5, 0.6) is 0 Å². The third kappa shape index (κ3) is 2.87. The minimum atomic E-state index is -0.952. The maximum Gasteiger partial charge on any atom is 0.267 e. The van der Waals surface area contributed by atoms with Gasteiger partial charge in [0.15, 0.2) is 0 Å². The summed E-state index contributed by atoms with van der Waals surface area (Å²) in [4.78, 5) is 23.5. The van der Waals surface area contributed by atoms with E-state index in [1.807, 2.05) is 0 Å². The molecule has 1 atom stereocenters. The van der Waals surface area contributed by atoms with Gasteiger partial charge < -0.3 is 5.32 Å². The Hall–Kier alpha value is -2.57. The molecule has 0 fully saturated rings. The summed E-state index contributed by atoms with van der Waals surface area (Å²) in [7, 11) is 0. The predicted molar refractivity (Wildman–Crippen MR) is 68.2 cm³/mol. The van der Waals surface area contributed by atoms with Gasteiger partial charge in [0, 0.05) is 18.3 Å². The van der Waals surface area contributed by atoms with Crippen LogP contribution in [0.3, 0.4) is 0 Å². The maximum absolute atomic E-state index is 13.4. The quantitative estimate of drug-likeness (QED) is 0.930. The average Bonchev–Trinajstić information content (AvgIpc) is 2.42. The predicted octanol–water partition coefficient (Wildman–Crippen LogP) is 1.72. The zero-order valence-corrected chi connectivity index (χ0v) is 10.5. The van der Waals surface area contributed by atoms with Gasteiger partial charge in [0.05, 0.1) is 5.69 Å². The van der Waals surface area contributed by atoms with Gasteiger partial charge in [0.1, 0.15) is 17.7 Å². The number of hydrogen-bond acceptors (Lipinski definition) is 3.